The summed E-state index contributed by atoms with van der Waals surface area (Å²) in [6.45, 7) is 3.44. The van der Waals surface area contributed by atoms with Crippen molar-refractivity contribution in [2.75, 3.05) is 13.7 Å². The Kier molecular flexibility index (Phi) is 3.91. The molecule has 1 aromatic rings. The highest BCUT2D eigenvalue weighted by molar-refractivity contribution is 6.08. The van der Waals surface area contributed by atoms with Gasteiger partial charge in [-0.15, -0.1) is 0 Å². The monoisotopic (exact) mass is 335 g/mol. The number of nitrogens with zero attached hydrogens (tertiary/aromatic N) is 1. The maximum Gasteiger partial charge on any atom is 0.368 e. The van der Waals surface area contributed by atoms with Crippen LogP contribution >= 0.6 is 0 Å². The molecule has 6 nitrogen and oxygen atoms in total. The van der Waals surface area contributed by atoms with Crippen molar-refractivity contribution >= 4 is 17.8 Å². The second kappa shape index (κ2) is 5.66. The zero-order valence-corrected chi connectivity index (χ0v) is 13.8. The third-order valence-corrected chi connectivity index (χ3v) is 5.11. The van der Waals surface area contributed by atoms with E-state index in [-0.39, 0.29) is 12.5 Å². The number of carbonyl (C=O) groups is 3. The molecule has 2 aliphatic heterocycles. The lowest BCUT2D eigenvalue weighted by Gasteiger charge is -2.25. The molecule has 24 heavy (non-hydrogen) atoms. The van der Waals surface area contributed by atoms with E-state index in [2.05, 4.69) is 0 Å². The van der Waals surface area contributed by atoms with Gasteiger partial charge in [-0.3, -0.25) is 14.5 Å². The number of ether oxygens (including phenoxy) is 1. The van der Waals surface area contributed by atoms with Crippen LogP contribution in [0.15, 0.2) is 24.3 Å². The Bertz CT molecular complexity index is 722. The lowest BCUT2D eigenvalue weighted by Crippen LogP contribution is -2.97. The molecule has 2 aliphatic rings. The summed E-state index contributed by atoms with van der Waals surface area (Å²) in [5, 5.41) is 1.61. The normalized spacial score (nSPS) is 32.2. The fourth-order valence-corrected chi connectivity index (χ4v) is 3.92. The fraction of sp³-hybridized carbons (Fsp3) is 0.471. The van der Waals surface area contributed by atoms with E-state index in [1.54, 1.807) is 37.4 Å². The van der Waals surface area contributed by atoms with E-state index in [9.17, 15) is 18.8 Å². The Balaban J connectivity index is 2.10. The molecule has 128 valence electrons. The summed E-state index contributed by atoms with van der Waals surface area (Å²) in [5.41, 5.74) is -0.942. The van der Waals surface area contributed by atoms with Gasteiger partial charge < -0.3 is 10.1 Å². The Morgan fingerprint density at radius 1 is 1.33 bits per heavy atom. The highest BCUT2D eigenvalue weighted by Crippen LogP contribution is 2.44. The second-order valence-electron chi connectivity index (χ2n) is 6.46. The number of amides is 2. The number of rotatable bonds is 3. The molecule has 2 heterocycles. The number of nitrogens with two attached hydrogens (primary N) is 1. The van der Waals surface area contributed by atoms with Crippen molar-refractivity contribution < 1.29 is 28.8 Å². The van der Waals surface area contributed by atoms with E-state index in [4.69, 9.17) is 4.74 Å². The number of hydrogen-bond acceptors (Lipinski definition) is 4. The molecular formula is C17H20FN2O4+. The molecular weight excluding hydrogens is 315 g/mol. The number of fused-ring (bicyclic) bond motifs is 1. The van der Waals surface area contributed by atoms with Crippen LogP contribution in [-0.4, -0.2) is 41.9 Å². The molecule has 0 bridgehead atoms. The lowest BCUT2D eigenvalue weighted by molar-refractivity contribution is -0.731. The maximum atomic E-state index is 14.3. The zero-order valence-electron chi connectivity index (χ0n) is 13.8. The van der Waals surface area contributed by atoms with E-state index in [1.165, 1.54) is 13.1 Å². The van der Waals surface area contributed by atoms with Crippen LogP contribution in [-0.2, 0) is 19.1 Å². The minimum absolute atomic E-state index is 0.169. The molecule has 7 heteroatoms. The molecule has 0 unspecified atom stereocenters. The first-order chi connectivity index (χ1) is 11.3. The van der Waals surface area contributed by atoms with Crippen molar-refractivity contribution in [3.63, 3.8) is 0 Å². The Morgan fingerprint density at radius 2 is 2.00 bits per heavy atom. The van der Waals surface area contributed by atoms with E-state index >= 15 is 0 Å². The predicted molar refractivity (Wildman–Crippen MR) is 80.9 cm³/mol. The Hall–Kier alpha value is -2.28. The van der Waals surface area contributed by atoms with Gasteiger partial charge in [-0.05, 0) is 13.0 Å². The Labute approximate surface area is 139 Å². The van der Waals surface area contributed by atoms with Crippen LogP contribution in [0.5, 0.6) is 0 Å². The molecule has 0 spiro atoms. The topological polar surface area (TPSA) is 80.3 Å². The average molecular weight is 335 g/mol. The van der Waals surface area contributed by atoms with Crippen LogP contribution in [0.1, 0.15) is 25.5 Å². The quantitative estimate of drug-likeness (QED) is 0.623. The van der Waals surface area contributed by atoms with Gasteiger partial charge in [0.05, 0.1) is 6.61 Å². The number of quaternary nitrogens is 1. The van der Waals surface area contributed by atoms with Crippen molar-refractivity contribution in [3.05, 3.63) is 35.6 Å². The number of carbonyl (C=O) groups excluding carboxylic acids is 3. The molecule has 2 saturated heterocycles. The highest BCUT2D eigenvalue weighted by atomic mass is 19.1. The molecule has 2 fully saturated rings. The van der Waals surface area contributed by atoms with Crippen LogP contribution < -0.4 is 5.32 Å². The number of halogens is 1. The smallest absolute Gasteiger partial charge is 0.368 e. The van der Waals surface area contributed by atoms with Crippen LogP contribution in [0.2, 0.25) is 0 Å². The van der Waals surface area contributed by atoms with Crippen molar-refractivity contribution in [2.45, 2.75) is 25.4 Å². The van der Waals surface area contributed by atoms with Crippen LogP contribution in [0, 0.1) is 17.7 Å². The number of imide groups is 1. The van der Waals surface area contributed by atoms with Gasteiger partial charge in [0, 0.05) is 19.5 Å². The zero-order chi connectivity index (χ0) is 17.6. The van der Waals surface area contributed by atoms with Gasteiger partial charge in [-0.25, -0.2) is 9.18 Å². The first-order valence-electron chi connectivity index (χ1n) is 7.92. The van der Waals surface area contributed by atoms with Crippen LogP contribution in [0.25, 0.3) is 0 Å². The molecule has 0 saturated carbocycles. The lowest BCUT2D eigenvalue weighted by atomic mass is 9.80. The second-order valence-corrected chi connectivity index (χ2v) is 6.46. The summed E-state index contributed by atoms with van der Waals surface area (Å²) in [4.78, 5) is 38.7. The molecule has 2 amide bonds. The van der Waals surface area contributed by atoms with Crippen LogP contribution in [0.4, 0.5) is 4.39 Å². The van der Waals surface area contributed by atoms with Gasteiger partial charge >= 0.3 is 5.97 Å². The third-order valence-electron chi connectivity index (χ3n) is 5.11. The highest BCUT2D eigenvalue weighted by Gasteiger charge is 2.70. The first-order valence-corrected chi connectivity index (χ1v) is 7.92. The Morgan fingerprint density at radius 3 is 2.62 bits per heavy atom. The van der Waals surface area contributed by atoms with Gasteiger partial charge in [0.15, 0.2) is 0 Å². The van der Waals surface area contributed by atoms with Crippen LogP contribution in [0.3, 0.4) is 0 Å². The van der Waals surface area contributed by atoms with E-state index in [0.29, 0.717) is 5.56 Å². The molecule has 4 atom stereocenters. The van der Waals surface area contributed by atoms with E-state index in [0.717, 1.165) is 4.90 Å². The average Bonchev–Trinajstić information content (AvgIpc) is 2.98. The van der Waals surface area contributed by atoms with Crippen molar-refractivity contribution in [1.29, 1.82) is 0 Å². The molecule has 0 radical (unpaired) electrons. The predicted octanol–water partition coefficient (Wildman–Crippen LogP) is -0.00340. The summed E-state index contributed by atoms with van der Waals surface area (Å²) in [7, 11) is 1.40. The van der Waals surface area contributed by atoms with Gasteiger partial charge in [0.2, 0.25) is 17.4 Å². The summed E-state index contributed by atoms with van der Waals surface area (Å²) in [6.07, 6.45) is 0. The van der Waals surface area contributed by atoms with E-state index < -0.39 is 41.1 Å². The summed E-state index contributed by atoms with van der Waals surface area (Å²) < 4.78 is 19.4. The maximum absolute atomic E-state index is 14.3. The number of benzene rings is 1. The summed E-state index contributed by atoms with van der Waals surface area (Å²) in [5.74, 6) is -3.47. The van der Waals surface area contributed by atoms with E-state index in [1.807, 2.05) is 0 Å². The van der Waals surface area contributed by atoms with Crippen molar-refractivity contribution in [3.8, 4) is 0 Å². The minimum Gasteiger partial charge on any atom is -0.461 e. The number of esters is 1. The molecule has 0 aliphatic carbocycles. The molecule has 0 aromatic heterocycles. The fourth-order valence-electron chi connectivity index (χ4n) is 3.92. The number of hydrogen-bond donors (Lipinski definition) is 1. The third kappa shape index (κ3) is 2.15. The van der Waals surface area contributed by atoms with Crippen molar-refractivity contribution in [1.82, 2.24) is 4.90 Å². The summed E-state index contributed by atoms with van der Waals surface area (Å²) >= 11 is 0. The standard InChI is InChI=1S/C17H19FN2O4/c1-4-24-16(23)17(2)12-11(14(21)20(3)15(12)22)13(19-17)9-7-5-6-8-10(9)18/h5-8,11-13,19H,4H2,1-3H3/p+1/t11-,12+,13-,17-/m0/s1. The molecule has 2 N–H and O–H groups in total. The van der Waals surface area contributed by atoms with Crippen molar-refractivity contribution in [2.24, 2.45) is 11.8 Å². The van der Waals surface area contributed by atoms with Gasteiger partial charge in [0.1, 0.15) is 23.7 Å². The number of likely N-dealkylation sites (tertiary alicyclic amines) is 1. The molecule has 3 rings (SSSR count). The van der Waals surface area contributed by atoms with Gasteiger partial charge in [0.25, 0.3) is 0 Å². The largest absolute Gasteiger partial charge is 0.461 e. The minimum atomic E-state index is -1.26. The van der Waals surface area contributed by atoms with Gasteiger partial charge in [-0.2, -0.15) is 0 Å². The molecule has 1 aromatic carbocycles. The first kappa shape index (κ1) is 16.6. The van der Waals surface area contributed by atoms with Gasteiger partial charge in [-0.1, -0.05) is 18.2 Å². The SMILES string of the molecule is CCOC(=O)[C@@]1(C)[NH2+][C@@H](c2ccccc2F)[C@H]2C(=O)N(C)C(=O)[C@@H]21. The summed E-state index contributed by atoms with van der Waals surface area (Å²) in [6, 6.07) is 5.48.